The summed E-state index contributed by atoms with van der Waals surface area (Å²) in [5.74, 6) is -0.512. The first kappa shape index (κ1) is 13.5. The molecule has 0 aliphatic rings. The Labute approximate surface area is 81.3 Å². The molecule has 12 heavy (non-hydrogen) atoms. The van der Waals surface area contributed by atoms with Gasteiger partial charge in [-0.05, 0) is 0 Å². The summed E-state index contributed by atoms with van der Waals surface area (Å²) in [6, 6.07) is 5.22. The average Bonchev–Trinajstić information content (AvgIpc) is 1.87. The van der Waals surface area contributed by atoms with Gasteiger partial charge in [-0.3, -0.25) is 4.79 Å². The smallest absolute Gasteiger partial charge is 0.482 e. The van der Waals surface area contributed by atoms with Crippen LogP contribution in [0.2, 0.25) is 0 Å². The number of aliphatic carboxylic acids is 1. The van der Waals surface area contributed by atoms with Gasteiger partial charge in [0.2, 0.25) is 0 Å². The summed E-state index contributed by atoms with van der Waals surface area (Å²) in [5, 5.41) is 7.42. The Hall–Kier alpha value is -1.06. The van der Waals surface area contributed by atoms with Crippen molar-refractivity contribution in [3.63, 3.8) is 0 Å². The van der Waals surface area contributed by atoms with E-state index >= 15 is 0 Å². The molecule has 0 aliphatic carbocycles. The molecule has 0 aromatic carbocycles. The van der Waals surface area contributed by atoms with Gasteiger partial charge in [0.25, 0.3) is 5.97 Å². The minimum atomic E-state index is -0.833. The molecule has 1 heterocycles. The summed E-state index contributed by atoms with van der Waals surface area (Å²) >= 11 is 0. The Morgan fingerprint density at radius 1 is 1.58 bits per heavy atom. The van der Waals surface area contributed by atoms with E-state index in [2.05, 4.69) is 4.98 Å². The van der Waals surface area contributed by atoms with Gasteiger partial charge in [-0.2, -0.15) is 0 Å². The molecule has 1 aromatic heterocycles. The fraction of sp³-hybridized carbons (Fsp3) is 0.143. The molecule has 0 bridgehead atoms. The largest absolute Gasteiger partial charge is 1.00 e. The fourth-order valence-corrected chi connectivity index (χ4v) is 0.363. The summed E-state index contributed by atoms with van der Waals surface area (Å²) in [6.07, 6.45) is 1.60. The molecular weight excluding hydrogens is 208 g/mol. The number of rotatable bonds is 0. The number of nitrogens with one attached hydrogen (secondary N) is 1. The van der Waals surface area contributed by atoms with Crippen LogP contribution < -0.4 is 0 Å². The molecule has 0 fully saturated rings. The molecule has 0 spiro atoms. The van der Waals surface area contributed by atoms with Crippen LogP contribution >= 0.6 is 0 Å². The van der Waals surface area contributed by atoms with Crippen molar-refractivity contribution in [2.75, 3.05) is 0 Å². The van der Waals surface area contributed by atoms with Crippen molar-refractivity contribution >= 4 is 11.8 Å². The third kappa shape index (κ3) is 11.7. The van der Waals surface area contributed by atoms with Crippen molar-refractivity contribution in [1.82, 2.24) is 4.98 Å². The monoisotopic (exact) mass is 216 g/mol. The second-order valence-corrected chi connectivity index (χ2v) is 1.73. The number of aromatic nitrogens is 1. The van der Waals surface area contributed by atoms with Crippen molar-refractivity contribution in [1.29, 1.82) is 0 Å². The van der Waals surface area contributed by atoms with Crippen molar-refractivity contribution < 1.29 is 27.0 Å². The molecule has 2 N–H and O–H groups in total. The van der Waals surface area contributed by atoms with Crippen molar-refractivity contribution in [2.45, 2.75) is 6.92 Å². The van der Waals surface area contributed by atoms with E-state index in [1.54, 1.807) is 24.4 Å². The van der Waals surface area contributed by atoms with Crippen molar-refractivity contribution in [2.24, 2.45) is 0 Å². The first-order chi connectivity index (χ1) is 5.13. The van der Waals surface area contributed by atoms with Crippen LogP contribution in [0.4, 0.5) is 5.82 Å². The minimum absolute atomic E-state index is 0. The third-order valence-corrected chi connectivity index (χ3v) is 0.665. The molecule has 1 rings (SSSR count). The molecule has 1 aromatic rings. The number of carboxylic acid groups (broad SMARTS) is 1. The zero-order chi connectivity index (χ0) is 8.69. The molecule has 5 heteroatoms. The second-order valence-electron chi connectivity index (χ2n) is 1.73. The van der Waals surface area contributed by atoms with E-state index in [4.69, 9.17) is 15.6 Å². The van der Waals surface area contributed by atoms with Gasteiger partial charge in [-0.1, -0.05) is 30.2 Å². The zero-order valence-electron chi connectivity index (χ0n) is 6.41. The van der Waals surface area contributed by atoms with Crippen LogP contribution in [0.5, 0.6) is 0 Å². The van der Waals surface area contributed by atoms with Crippen LogP contribution in [0, 0.1) is 0 Å². The van der Waals surface area contributed by atoms with Crippen LogP contribution in [0.1, 0.15) is 6.92 Å². The van der Waals surface area contributed by atoms with Crippen molar-refractivity contribution in [3.05, 3.63) is 30.1 Å². The predicted molar refractivity (Wildman–Crippen MR) is 41.5 cm³/mol. The minimum Gasteiger partial charge on any atom is -0.482 e. The Balaban J connectivity index is 0. The fourth-order valence-electron chi connectivity index (χ4n) is 0.363. The standard InChI is InChI=1S/C5H5N2.C2H4O2.Cu/c6-5-3-1-2-4-7-5;1-2(3)4;/h1-4H,(H-,6,7);1H3,(H,3,4);/q-1;;+1. The zero-order valence-corrected chi connectivity index (χ0v) is 7.36. The summed E-state index contributed by atoms with van der Waals surface area (Å²) < 4.78 is 0. The average molecular weight is 217 g/mol. The maximum atomic E-state index is 9.00. The summed E-state index contributed by atoms with van der Waals surface area (Å²) in [4.78, 5) is 12.6. The number of hydrogen-bond donors (Lipinski definition) is 1. The number of nitrogens with zero attached hydrogens (tertiary/aromatic N) is 1. The number of hydrogen-bond acceptors (Lipinski definition) is 2. The Morgan fingerprint density at radius 3 is 2.25 bits per heavy atom. The first-order valence-electron chi connectivity index (χ1n) is 2.95. The molecule has 0 saturated heterocycles. The van der Waals surface area contributed by atoms with E-state index in [1.165, 1.54) is 0 Å². The van der Waals surface area contributed by atoms with Gasteiger partial charge in [-0.15, -0.1) is 0 Å². The SMILES string of the molecule is CC(=O)O.[Cu+].[NH-]c1ccccn1. The molecule has 70 valence electrons. The van der Waals surface area contributed by atoms with Gasteiger partial charge in [-0.25, -0.2) is 0 Å². The van der Waals surface area contributed by atoms with Crippen LogP contribution in [0.3, 0.4) is 0 Å². The topological polar surface area (TPSA) is 74.0 Å². The molecule has 4 nitrogen and oxygen atoms in total. The first-order valence-corrected chi connectivity index (χ1v) is 2.95. The van der Waals surface area contributed by atoms with E-state index in [-0.39, 0.29) is 17.1 Å². The van der Waals surface area contributed by atoms with E-state index in [0.29, 0.717) is 5.82 Å². The van der Waals surface area contributed by atoms with E-state index in [0.717, 1.165) is 6.92 Å². The van der Waals surface area contributed by atoms with Crippen molar-refractivity contribution in [3.8, 4) is 0 Å². The van der Waals surface area contributed by atoms with E-state index in [9.17, 15) is 0 Å². The quantitative estimate of drug-likeness (QED) is 0.673. The molecule has 0 aliphatic heterocycles. The number of carboxylic acids is 1. The molecule has 0 saturated carbocycles. The number of carbonyl (C=O) groups is 1. The number of pyridine rings is 1. The van der Waals surface area contributed by atoms with Crippen LogP contribution in [0.25, 0.3) is 5.73 Å². The summed E-state index contributed by atoms with van der Waals surface area (Å²) in [7, 11) is 0. The van der Waals surface area contributed by atoms with Crippen LogP contribution in [-0.4, -0.2) is 16.1 Å². The maximum absolute atomic E-state index is 9.00. The van der Waals surface area contributed by atoms with Gasteiger partial charge in [0, 0.05) is 6.92 Å². The predicted octanol–water partition coefficient (Wildman–Crippen LogP) is 1.85. The van der Waals surface area contributed by atoms with Crippen LogP contribution in [-0.2, 0) is 21.9 Å². The Morgan fingerprint density at radius 2 is 2.08 bits per heavy atom. The van der Waals surface area contributed by atoms with Gasteiger partial charge in [0.05, 0.1) is 0 Å². The maximum Gasteiger partial charge on any atom is 1.00 e. The summed E-state index contributed by atoms with van der Waals surface area (Å²) in [5.41, 5.74) is 6.88. The molecule has 0 unspecified atom stereocenters. The van der Waals surface area contributed by atoms with E-state index < -0.39 is 5.97 Å². The molecule has 0 atom stereocenters. The van der Waals surface area contributed by atoms with E-state index in [1.807, 2.05) is 0 Å². The normalized spacial score (nSPS) is 7.08. The third-order valence-electron chi connectivity index (χ3n) is 0.665. The van der Waals surface area contributed by atoms with Crippen LogP contribution in [0.15, 0.2) is 24.4 Å². The van der Waals surface area contributed by atoms with Gasteiger partial charge >= 0.3 is 17.1 Å². The summed E-state index contributed by atoms with van der Waals surface area (Å²) in [6.45, 7) is 1.08. The Bertz CT molecular complexity index is 212. The van der Waals surface area contributed by atoms with Gasteiger partial charge in [0.15, 0.2) is 0 Å². The Kier molecular flexibility index (Phi) is 9.06. The molecule has 0 amide bonds. The van der Waals surface area contributed by atoms with Gasteiger partial charge in [0.1, 0.15) is 0 Å². The molecular formula is C7H9CuN2O2. The second kappa shape index (κ2) is 8.04. The van der Waals surface area contributed by atoms with Gasteiger partial charge < -0.3 is 15.8 Å². The molecule has 0 radical (unpaired) electrons.